The van der Waals surface area contributed by atoms with E-state index >= 15 is 0 Å². The summed E-state index contributed by atoms with van der Waals surface area (Å²) >= 11 is 0. The molecule has 1 aromatic carbocycles. The molecular weight excluding hydrogens is 323 g/mol. The minimum atomic E-state index is -4.72. The van der Waals surface area contributed by atoms with E-state index in [9.17, 15) is 13.2 Å². The first kappa shape index (κ1) is 16.8. The van der Waals surface area contributed by atoms with E-state index in [1.54, 1.807) is 6.07 Å². The number of hydrogen-bond donors (Lipinski definition) is 2. The molecule has 2 bridgehead atoms. The molecule has 0 amide bonds. The monoisotopic (exact) mass is 343 g/mol. The lowest BCUT2D eigenvalue weighted by molar-refractivity contribution is -0.274. The number of aliphatic imine (C=N–C) groups is 1. The topological polar surface area (TPSA) is 66.1 Å². The summed E-state index contributed by atoms with van der Waals surface area (Å²) < 4.78 is 40.6. The van der Waals surface area contributed by atoms with Crippen molar-refractivity contribution in [3.8, 4) is 5.75 Å². The summed E-state index contributed by atoms with van der Waals surface area (Å²) in [5.41, 5.74) is 6.24. The largest absolute Gasteiger partial charge is 0.573 e. The summed E-state index contributed by atoms with van der Waals surface area (Å²) in [6, 6.07) is 5.85. The average Bonchev–Trinajstić information content (AvgIpc) is 2.53. The summed E-state index contributed by atoms with van der Waals surface area (Å²) in [6.07, 6.45) is -4.72. The minimum Gasteiger partial charge on any atom is -0.406 e. The third kappa shape index (κ3) is 4.51. The fourth-order valence-electron chi connectivity index (χ4n) is 3.06. The molecule has 3 N–H and O–H groups in total. The van der Waals surface area contributed by atoms with Crippen LogP contribution in [0.25, 0.3) is 0 Å². The SMILES string of the molecule is NC(=NCC1CN2CCN1CC2)Nc1cccc(OC(F)(F)F)c1. The van der Waals surface area contributed by atoms with E-state index in [1.165, 1.54) is 18.2 Å². The molecule has 3 aliphatic rings. The van der Waals surface area contributed by atoms with Gasteiger partial charge in [-0.1, -0.05) is 6.07 Å². The Morgan fingerprint density at radius 3 is 2.67 bits per heavy atom. The molecule has 24 heavy (non-hydrogen) atoms. The number of nitrogens with one attached hydrogen (secondary N) is 1. The average molecular weight is 343 g/mol. The molecule has 3 saturated heterocycles. The van der Waals surface area contributed by atoms with E-state index < -0.39 is 6.36 Å². The summed E-state index contributed by atoms with van der Waals surface area (Å²) in [5, 5.41) is 2.80. The van der Waals surface area contributed by atoms with Crippen LogP contribution in [0.5, 0.6) is 5.75 Å². The van der Waals surface area contributed by atoms with Crippen molar-refractivity contribution in [1.82, 2.24) is 9.80 Å². The quantitative estimate of drug-likeness (QED) is 0.637. The second kappa shape index (κ2) is 6.86. The van der Waals surface area contributed by atoms with Gasteiger partial charge in [0.15, 0.2) is 5.96 Å². The van der Waals surface area contributed by atoms with Crippen LogP contribution in [-0.2, 0) is 0 Å². The van der Waals surface area contributed by atoms with E-state index in [2.05, 4.69) is 24.8 Å². The van der Waals surface area contributed by atoms with E-state index in [0.717, 1.165) is 32.7 Å². The van der Waals surface area contributed by atoms with Gasteiger partial charge >= 0.3 is 6.36 Å². The number of piperazine rings is 3. The molecule has 1 atom stereocenters. The predicted octanol–water partition coefficient (Wildman–Crippen LogP) is 1.31. The van der Waals surface area contributed by atoms with E-state index in [-0.39, 0.29) is 11.7 Å². The zero-order chi connectivity index (χ0) is 17.2. The normalized spacial score (nSPS) is 27.1. The van der Waals surface area contributed by atoms with Crippen LogP contribution in [0.15, 0.2) is 29.3 Å². The molecule has 1 unspecified atom stereocenters. The van der Waals surface area contributed by atoms with Crippen molar-refractivity contribution < 1.29 is 17.9 Å². The maximum Gasteiger partial charge on any atom is 0.573 e. The fourth-order valence-corrected chi connectivity index (χ4v) is 3.06. The molecule has 1 aromatic rings. The van der Waals surface area contributed by atoms with Crippen LogP contribution in [0.2, 0.25) is 0 Å². The highest BCUT2D eigenvalue weighted by atomic mass is 19.4. The number of fused-ring (bicyclic) bond motifs is 3. The van der Waals surface area contributed by atoms with Crippen LogP contribution in [-0.4, -0.2) is 67.4 Å². The zero-order valence-electron chi connectivity index (χ0n) is 13.1. The third-order valence-corrected chi connectivity index (χ3v) is 4.20. The molecule has 4 rings (SSSR count). The summed E-state index contributed by atoms with van der Waals surface area (Å²) in [7, 11) is 0. The van der Waals surface area contributed by atoms with Crippen molar-refractivity contribution in [3.63, 3.8) is 0 Å². The summed E-state index contributed by atoms with van der Waals surface area (Å²) in [4.78, 5) is 9.12. The highest BCUT2D eigenvalue weighted by molar-refractivity contribution is 5.92. The van der Waals surface area contributed by atoms with Gasteiger partial charge in [0.1, 0.15) is 5.75 Å². The van der Waals surface area contributed by atoms with Crippen LogP contribution in [0.1, 0.15) is 0 Å². The van der Waals surface area contributed by atoms with Gasteiger partial charge in [0, 0.05) is 50.5 Å². The molecule has 0 saturated carbocycles. The van der Waals surface area contributed by atoms with Gasteiger partial charge in [-0.2, -0.15) is 0 Å². The van der Waals surface area contributed by atoms with Gasteiger partial charge in [0.25, 0.3) is 0 Å². The van der Waals surface area contributed by atoms with Crippen molar-refractivity contribution in [2.45, 2.75) is 12.4 Å². The molecule has 0 radical (unpaired) electrons. The molecule has 6 nitrogen and oxygen atoms in total. The number of nitrogens with zero attached hydrogens (tertiary/aromatic N) is 3. The van der Waals surface area contributed by atoms with E-state index in [4.69, 9.17) is 5.73 Å². The smallest absolute Gasteiger partial charge is 0.406 e. The lowest BCUT2D eigenvalue weighted by Crippen LogP contribution is -2.61. The van der Waals surface area contributed by atoms with E-state index in [0.29, 0.717) is 18.3 Å². The molecule has 0 spiro atoms. The Labute approximate surface area is 138 Å². The number of halogens is 3. The molecule has 3 heterocycles. The molecule has 3 aliphatic heterocycles. The Balaban J connectivity index is 1.56. The van der Waals surface area contributed by atoms with Crippen molar-refractivity contribution >= 4 is 11.6 Å². The molecule has 132 valence electrons. The number of anilines is 1. The summed E-state index contributed by atoms with van der Waals surface area (Å²) in [5.74, 6) is -0.124. The zero-order valence-corrected chi connectivity index (χ0v) is 13.1. The Kier molecular flexibility index (Phi) is 4.81. The third-order valence-electron chi connectivity index (χ3n) is 4.20. The van der Waals surface area contributed by atoms with E-state index in [1.807, 2.05) is 0 Å². The highest BCUT2D eigenvalue weighted by Gasteiger charge is 2.32. The van der Waals surface area contributed by atoms with Crippen molar-refractivity contribution in [1.29, 1.82) is 0 Å². The van der Waals surface area contributed by atoms with Crippen molar-refractivity contribution in [3.05, 3.63) is 24.3 Å². The van der Waals surface area contributed by atoms with Gasteiger partial charge in [-0.05, 0) is 12.1 Å². The van der Waals surface area contributed by atoms with Crippen LogP contribution in [0.3, 0.4) is 0 Å². The molecule has 3 fully saturated rings. The number of benzene rings is 1. The second-order valence-electron chi connectivity index (χ2n) is 5.92. The Hall–Kier alpha value is -2.00. The van der Waals surface area contributed by atoms with Gasteiger partial charge in [0.2, 0.25) is 0 Å². The van der Waals surface area contributed by atoms with Gasteiger partial charge in [-0.15, -0.1) is 13.2 Å². The first-order valence-electron chi connectivity index (χ1n) is 7.78. The minimum absolute atomic E-state index is 0.178. The first-order valence-corrected chi connectivity index (χ1v) is 7.78. The maximum atomic E-state index is 12.2. The number of nitrogens with two attached hydrogens (primary N) is 1. The van der Waals surface area contributed by atoms with Gasteiger partial charge < -0.3 is 15.8 Å². The fraction of sp³-hybridized carbons (Fsp3) is 0.533. The molecule has 0 aromatic heterocycles. The maximum absolute atomic E-state index is 12.2. The number of hydrogen-bond acceptors (Lipinski definition) is 4. The second-order valence-corrected chi connectivity index (χ2v) is 5.92. The summed E-state index contributed by atoms with van der Waals surface area (Å²) in [6.45, 7) is 5.83. The lowest BCUT2D eigenvalue weighted by atomic mass is 10.1. The highest BCUT2D eigenvalue weighted by Crippen LogP contribution is 2.25. The Morgan fingerprint density at radius 2 is 2.04 bits per heavy atom. The van der Waals surface area contributed by atoms with Crippen LogP contribution in [0.4, 0.5) is 18.9 Å². The van der Waals surface area contributed by atoms with Crippen LogP contribution < -0.4 is 15.8 Å². The number of alkyl halides is 3. The van der Waals surface area contributed by atoms with Crippen LogP contribution >= 0.6 is 0 Å². The number of ether oxygens (including phenoxy) is 1. The predicted molar refractivity (Wildman–Crippen MR) is 85.0 cm³/mol. The van der Waals surface area contributed by atoms with Crippen molar-refractivity contribution in [2.75, 3.05) is 44.6 Å². The molecular formula is C15H20F3N5O. The standard InChI is InChI=1S/C15H20F3N5O/c16-15(17,18)24-13-3-1-2-11(8-13)21-14(19)20-9-12-10-22-4-6-23(12)7-5-22/h1-3,8,12H,4-7,9-10H2,(H3,19,20,21). The number of guanidine groups is 1. The van der Waals surface area contributed by atoms with Crippen LogP contribution in [0, 0.1) is 0 Å². The first-order chi connectivity index (χ1) is 11.4. The Bertz CT molecular complexity index is 599. The van der Waals surface area contributed by atoms with Crippen molar-refractivity contribution in [2.24, 2.45) is 10.7 Å². The van der Waals surface area contributed by atoms with Gasteiger partial charge in [-0.25, -0.2) is 0 Å². The molecule has 0 aliphatic carbocycles. The van der Waals surface area contributed by atoms with Gasteiger partial charge in [-0.3, -0.25) is 14.8 Å². The number of rotatable bonds is 4. The molecule has 9 heteroatoms. The lowest BCUT2D eigenvalue weighted by Gasteiger charge is -2.47. The van der Waals surface area contributed by atoms with Gasteiger partial charge in [0.05, 0.1) is 6.54 Å². The Morgan fingerprint density at radius 1 is 1.29 bits per heavy atom.